The maximum atomic E-state index is 12.8. The molecular weight excluding hydrogens is 306 g/mol. The smallest absolute Gasteiger partial charge is 0.418 e. The first-order chi connectivity index (χ1) is 9.05. The van der Waals surface area contributed by atoms with Gasteiger partial charge in [0.15, 0.2) is 5.75 Å². The van der Waals surface area contributed by atoms with Gasteiger partial charge in [-0.15, -0.1) is 0 Å². The monoisotopic (exact) mass is 315 g/mol. The van der Waals surface area contributed by atoms with Crippen LogP contribution in [0, 0.1) is 5.82 Å². The maximum absolute atomic E-state index is 12.8. The van der Waals surface area contributed by atoms with Crippen LogP contribution in [0.3, 0.4) is 0 Å². The fraction of sp³-hybridized carbons (Fsp3) is 0.300. The third-order valence-corrected chi connectivity index (χ3v) is 3.23. The molecule has 1 aromatic rings. The fourth-order valence-electron chi connectivity index (χ4n) is 1.26. The van der Waals surface area contributed by atoms with Crippen molar-refractivity contribution in [1.82, 2.24) is 0 Å². The summed E-state index contributed by atoms with van der Waals surface area (Å²) in [4.78, 5) is 10.8. The quantitative estimate of drug-likeness (QED) is 0.679. The van der Waals surface area contributed by atoms with Gasteiger partial charge in [0.1, 0.15) is 5.82 Å². The summed E-state index contributed by atoms with van der Waals surface area (Å²) in [6.45, 7) is 0. The zero-order chi connectivity index (χ0) is 15.6. The average Bonchev–Trinajstić information content (AvgIpc) is 2.29. The van der Waals surface area contributed by atoms with Gasteiger partial charge in [-0.05, 0) is 18.2 Å². The van der Waals surface area contributed by atoms with E-state index in [1.165, 1.54) is 0 Å². The highest BCUT2D eigenvalue weighted by Gasteiger charge is 2.35. The van der Waals surface area contributed by atoms with E-state index in [1.807, 2.05) is 0 Å². The summed E-state index contributed by atoms with van der Waals surface area (Å²) in [5, 5.41) is 0. The lowest BCUT2D eigenvalue weighted by molar-refractivity contribution is -0.138. The Balaban J connectivity index is 3.13. The van der Waals surface area contributed by atoms with Crippen LogP contribution < -0.4 is 4.72 Å². The van der Waals surface area contributed by atoms with Crippen molar-refractivity contribution >= 4 is 21.7 Å². The maximum Gasteiger partial charge on any atom is 0.418 e. The lowest BCUT2D eigenvalue weighted by Crippen LogP contribution is -2.25. The number of sulfonamides is 1. The van der Waals surface area contributed by atoms with Crippen LogP contribution in [0.4, 0.5) is 23.2 Å². The molecular formula is C10H9F4NO4S. The van der Waals surface area contributed by atoms with Gasteiger partial charge >= 0.3 is 12.1 Å². The van der Waals surface area contributed by atoms with Gasteiger partial charge in [0, 0.05) is 0 Å². The highest BCUT2D eigenvalue weighted by atomic mass is 32.2. The predicted molar refractivity (Wildman–Crippen MR) is 60.8 cm³/mol. The highest BCUT2D eigenvalue weighted by Crippen LogP contribution is 2.35. The topological polar surface area (TPSA) is 72.5 Å². The Labute approximate surface area is 111 Å². The molecule has 1 rings (SSSR count). The molecule has 5 nitrogen and oxygen atoms in total. The van der Waals surface area contributed by atoms with Crippen LogP contribution in [-0.4, -0.2) is 27.2 Å². The molecule has 0 aliphatic rings. The summed E-state index contributed by atoms with van der Waals surface area (Å²) in [6, 6.07) is 1.42. The summed E-state index contributed by atoms with van der Waals surface area (Å²) in [5.41, 5.74) is -2.37. The van der Waals surface area contributed by atoms with E-state index in [-0.39, 0.29) is 6.07 Å². The number of methoxy groups -OCH3 is 1. The van der Waals surface area contributed by atoms with E-state index in [1.54, 1.807) is 4.72 Å². The first-order valence-electron chi connectivity index (χ1n) is 4.99. The lowest BCUT2D eigenvalue weighted by Gasteiger charge is -2.14. The molecule has 20 heavy (non-hydrogen) atoms. The third-order valence-electron chi connectivity index (χ3n) is 2.09. The van der Waals surface area contributed by atoms with Crippen molar-refractivity contribution < 1.29 is 35.5 Å². The number of hydrogen-bond donors (Lipinski definition) is 1. The van der Waals surface area contributed by atoms with Crippen LogP contribution in [0.25, 0.3) is 0 Å². The number of anilines is 1. The number of esters is 1. The molecule has 0 unspecified atom stereocenters. The molecule has 10 heteroatoms. The van der Waals surface area contributed by atoms with E-state index in [4.69, 9.17) is 0 Å². The second kappa shape index (κ2) is 5.65. The van der Waals surface area contributed by atoms with E-state index in [0.717, 1.165) is 7.11 Å². The Kier molecular flexibility index (Phi) is 4.58. The van der Waals surface area contributed by atoms with Crippen molar-refractivity contribution in [1.29, 1.82) is 0 Å². The number of nitrogens with one attached hydrogen (secondary N) is 1. The van der Waals surface area contributed by atoms with Gasteiger partial charge in [0.2, 0.25) is 10.0 Å². The Morgan fingerprint density at radius 3 is 2.45 bits per heavy atom. The van der Waals surface area contributed by atoms with Crippen molar-refractivity contribution in [3.63, 3.8) is 0 Å². The van der Waals surface area contributed by atoms with E-state index in [9.17, 15) is 30.8 Å². The van der Waals surface area contributed by atoms with Crippen LogP contribution >= 0.6 is 0 Å². The number of rotatable bonds is 4. The van der Waals surface area contributed by atoms with Crippen molar-refractivity contribution in [2.75, 3.05) is 17.6 Å². The van der Waals surface area contributed by atoms with Gasteiger partial charge in [-0.1, -0.05) is 0 Å². The van der Waals surface area contributed by atoms with E-state index in [0.29, 0.717) is 12.1 Å². The van der Waals surface area contributed by atoms with Crippen LogP contribution in [0.15, 0.2) is 18.2 Å². The van der Waals surface area contributed by atoms with Crippen LogP contribution in [-0.2, 0) is 25.7 Å². The number of halogens is 4. The molecule has 0 aromatic heterocycles. The van der Waals surface area contributed by atoms with Gasteiger partial charge in [0.05, 0.1) is 18.4 Å². The molecule has 0 atom stereocenters. The fourth-order valence-corrected chi connectivity index (χ4v) is 2.27. The molecule has 112 valence electrons. The van der Waals surface area contributed by atoms with Crippen LogP contribution in [0.1, 0.15) is 5.56 Å². The van der Waals surface area contributed by atoms with Gasteiger partial charge in [-0.25, -0.2) is 12.8 Å². The molecule has 0 fully saturated rings. The van der Waals surface area contributed by atoms with Crippen molar-refractivity contribution in [2.24, 2.45) is 0 Å². The molecule has 0 radical (unpaired) electrons. The second-order valence-corrected chi connectivity index (χ2v) is 5.35. The zero-order valence-corrected chi connectivity index (χ0v) is 10.8. The SMILES string of the molecule is COC(=O)CS(=O)(=O)Nc1ccc(F)cc1C(F)(F)F. The average molecular weight is 315 g/mol. The molecule has 0 aliphatic carbocycles. The number of hydrogen-bond acceptors (Lipinski definition) is 4. The predicted octanol–water partition coefficient (Wildman–Crippen LogP) is 1.76. The van der Waals surface area contributed by atoms with Crippen LogP contribution in [0.5, 0.6) is 0 Å². The Hall–Kier alpha value is -1.84. The first kappa shape index (κ1) is 16.2. The van der Waals surface area contributed by atoms with E-state index < -0.39 is 45.0 Å². The molecule has 0 aliphatic heterocycles. The number of carbonyl (C=O) groups is 1. The normalized spacial score (nSPS) is 12.1. The van der Waals surface area contributed by atoms with E-state index in [2.05, 4.69) is 4.74 Å². The number of benzene rings is 1. The second-order valence-electron chi connectivity index (χ2n) is 3.62. The van der Waals surface area contributed by atoms with Gasteiger partial charge < -0.3 is 4.74 Å². The van der Waals surface area contributed by atoms with Gasteiger partial charge in [-0.3, -0.25) is 9.52 Å². The van der Waals surface area contributed by atoms with Crippen molar-refractivity contribution in [3.05, 3.63) is 29.6 Å². The summed E-state index contributed by atoms with van der Waals surface area (Å²) in [6.07, 6.45) is -4.95. The zero-order valence-electron chi connectivity index (χ0n) is 9.99. The van der Waals surface area contributed by atoms with E-state index >= 15 is 0 Å². The lowest BCUT2D eigenvalue weighted by atomic mass is 10.2. The van der Waals surface area contributed by atoms with Crippen molar-refractivity contribution in [3.8, 4) is 0 Å². The molecule has 1 N–H and O–H groups in total. The van der Waals surface area contributed by atoms with Gasteiger partial charge in [-0.2, -0.15) is 13.2 Å². The van der Waals surface area contributed by atoms with Crippen molar-refractivity contribution in [2.45, 2.75) is 6.18 Å². The molecule has 1 aromatic carbocycles. The molecule has 0 saturated carbocycles. The summed E-state index contributed by atoms with van der Waals surface area (Å²) >= 11 is 0. The van der Waals surface area contributed by atoms with Gasteiger partial charge in [0.25, 0.3) is 0 Å². The molecule has 0 bridgehead atoms. The summed E-state index contributed by atoms with van der Waals surface area (Å²) in [5.74, 6) is -3.47. The Morgan fingerprint density at radius 2 is 1.95 bits per heavy atom. The minimum Gasteiger partial charge on any atom is -0.468 e. The standard InChI is InChI=1S/C10H9F4NO4S/c1-19-9(16)5-20(17,18)15-8-3-2-6(11)4-7(8)10(12,13)14/h2-4,15H,5H2,1H3. The Bertz CT molecular complexity index is 612. The third kappa shape index (κ3) is 4.37. The molecule has 0 spiro atoms. The Morgan fingerprint density at radius 1 is 1.35 bits per heavy atom. The molecule has 0 amide bonds. The molecule has 0 saturated heterocycles. The molecule has 0 heterocycles. The number of alkyl halides is 3. The van der Waals surface area contributed by atoms with Crippen LogP contribution in [0.2, 0.25) is 0 Å². The number of ether oxygens (including phenoxy) is 1. The number of carbonyl (C=O) groups excluding carboxylic acids is 1. The first-order valence-corrected chi connectivity index (χ1v) is 6.64. The minimum atomic E-state index is -4.95. The summed E-state index contributed by atoms with van der Waals surface area (Å²) in [7, 11) is -3.46. The minimum absolute atomic E-state index is 0.149. The summed E-state index contributed by atoms with van der Waals surface area (Å²) < 4.78 is 79.3. The largest absolute Gasteiger partial charge is 0.468 e. The highest BCUT2D eigenvalue weighted by molar-refractivity contribution is 7.93.